The summed E-state index contributed by atoms with van der Waals surface area (Å²) in [5.74, 6) is 0.639. The Morgan fingerprint density at radius 1 is 1.32 bits per heavy atom. The molecule has 0 heterocycles. The van der Waals surface area contributed by atoms with Gasteiger partial charge in [0.15, 0.2) is 0 Å². The largest absolute Gasteiger partial charge is 0.326 e. The molecule has 2 unspecified atom stereocenters. The predicted molar refractivity (Wildman–Crippen MR) is 77.2 cm³/mol. The molecule has 1 aromatic carbocycles. The van der Waals surface area contributed by atoms with Gasteiger partial charge in [-0.3, -0.25) is 4.90 Å². The summed E-state index contributed by atoms with van der Waals surface area (Å²) in [5, 5.41) is 0. The molecule has 1 aliphatic carbocycles. The molecule has 0 aliphatic heterocycles. The summed E-state index contributed by atoms with van der Waals surface area (Å²) in [7, 11) is 2.15. The van der Waals surface area contributed by atoms with Crippen molar-refractivity contribution < 1.29 is 4.39 Å². The van der Waals surface area contributed by atoms with E-state index in [2.05, 4.69) is 18.9 Å². The van der Waals surface area contributed by atoms with Crippen LogP contribution in [0.5, 0.6) is 0 Å². The van der Waals surface area contributed by atoms with Crippen LogP contribution in [0.2, 0.25) is 0 Å². The van der Waals surface area contributed by atoms with E-state index in [1.54, 1.807) is 6.07 Å². The van der Waals surface area contributed by atoms with Gasteiger partial charge in [0, 0.05) is 19.1 Å². The van der Waals surface area contributed by atoms with E-state index in [1.807, 2.05) is 6.07 Å². The molecular formula is C16H25FN2. The zero-order valence-electron chi connectivity index (χ0n) is 12.0. The van der Waals surface area contributed by atoms with Crippen molar-refractivity contribution in [2.75, 3.05) is 7.05 Å². The monoisotopic (exact) mass is 264 g/mol. The third-order valence-electron chi connectivity index (χ3n) is 4.34. The van der Waals surface area contributed by atoms with Crippen molar-refractivity contribution in [2.24, 2.45) is 11.7 Å². The first-order valence-corrected chi connectivity index (χ1v) is 7.27. The highest BCUT2D eigenvalue weighted by atomic mass is 19.1. The van der Waals surface area contributed by atoms with Crippen LogP contribution in [-0.2, 0) is 13.1 Å². The lowest BCUT2D eigenvalue weighted by atomic mass is 9.86. The van der Waals surface area contributed by atoms with Crippen LogP contribution in [0.1, 0.15) is 43.7 Å². The Hall–Kier alpha value is -0.930. The van der Waals surface area contributed by atoms with E-state index in [9.17, 15) is 4.39 Å². The first-order chi connectivity index (χ1) is 9.10. The van der Waals surface area contributed by atoms with Crippen LogP contribution in [-0.4, -0.2) is 18.0 Å². The molecule has 0 saturated heterocycles. The van der Waals surface area contributed by atoms with Gasteiger partial charge in [-0.25, -0.2) is 4.39 Å². The highest BCUT2D eigenvalue weighted by molar-refractivity contribution is 5.27. The van der Waals surface area contributed by atoms with E-state index in [4.69, 9.17) is 5.73 Å². The quantitative estimate of drug-likeness (QED) is 0.904. The number of hydrogen-bond acceptors (Lipinski definition) is 2. The van der Waals surface area contributed by atoms with Gasteiger partial charge < -0.3 is 5.73 Å². The van der Waals surface area contributed by atoms with Crippen LogP contribution in [0.15, 0.2) is 18.2 Å². The van der Waals surface area contributed by atoms with Gasteiger partial charge in [-0.2, -0.15) is 0 Å². The number of halogens is 1. The van der Waals surface area contributed by atoms with Crippen LogP contribution in [0.25, 0.3) is 0 Å². The molecule has 1 saturated carbocycles. The number of hydrogen-bond donors (Lipinski definition) is 1. The zero-order valence-corrected chi connectivity index (χ0v) is 12.0. The van der Waals surface area contributed by atoms with Crippen LogP contribution in [0.3, 0.4) is 0 Å². The lowest BCUT2D eigenvalue weighted by Crippen LogP contribution is -2.35. The van der Waals surface area contributed by atoms with E-state index in [-0.39, 0.29) is 5.82 Å². The van der Waals surface area contributed by atoms with Gasteiger partial charge in [-0.05, 0) is 49.1 Å². The second kappa shape index (κ2) is 6.49. The van der Waals surface area contributed by atoms with E-state index >= 15 is 0 Å². The second-order valence-electron chi connectivity index (χ2n) is 5.96. The summed E-state index contributed by atoms with van der Waals surface area (Å²) in [6.07, 6.45) is 5.17. The molecule has 1 fully saturated rings. The molecule has 0 amide bonds. The van der Waals surface area contributed by atoms with Gasteiger partial charge in [-0.15, -0.1) is 0 Å². The summed E-state index contributed by atoms with van der Waals surface area (Å²) in [5.41, 5.74) is 7.82. The Labute approximate surface area is 115 Å². The smallest absolute Gasteiger partial charge is 0.123 e. The maximum atomic E-state index is 13.4. The lowest BCUT2D eigenvalue weighted by molar-refractivity contribution is 0.157. The van der Waals surface area contributed by atoms with Crippen LogP contribution in [0.4, 0.5) is 4.39 Å². The minimum Gasteiger partial charge on any atom is -0.326 e. The van der Waals surface area contributed by atoms with Gasteiger partial charge in [0.1, 0.15) is 5.82 Å². The summed E-state index contributed by atoms with van der Waals surface area (Å²) >= 11 is 0. The summed E-state index contributed by atoms with van der Waals surface area (Å²) in [6, 6.07) is 5.55. The highest BCUT2D eigenvalue weighted by Crippen LogP contribution is 2.27. The number of nitrogens with two attached hydrogens (primary N) is 1. The zero-order chi connectivity index (χ0) is 13.8. The molecule has 1 aromatic rings. The fourth-order valence-corrected chi connectivity index (χ4v) is 3.14. The number of nitrogens with zero attached hydrogens (tertiary/aromatic N) is 1. The number of rotatable bonds is 4. The van der Waals surface area contributed by atoms with Crippen molar-refractivity contribution in [1.82, 2.24) is 4.90 Å². The normalized spacial score (nSPS) is 23.8. The summed E-state index contributed by atoms with van der Waals surface area (Å²) in [4.78, 5) is 2.36. The standard InChI is InChI=1S/C16H25FN2/c1-12-4-3-5-16(8-12)19(2)11-14-9-15(17)7-6-13(14)10-18/h6-7,9,12,16H,3-5,8,10-11,18H2,1-2H3. The maximum Gasteiger partial charge on any atom is 0.123 e. The van der Waals surface area contributed by atoms with Crippen LogP contribution >= 0.6 is 0 Å². The van der Waals surface area contributed by atoms with E-state index in [0.717, 1.165) is 23.6 Å². The SMILES string of the molecule is CC1CCCC(N(C)Cc2cc(F)ccc2CN)C1. The fraction of sp³-hybridized carbons (Fsp3) is 0.625. The van der Waals surface area contributed by atoms with Crippen molar-refractivity contribution >= 4 is 0 Å². The highest BCUT2D eigenvalue weighted by Gasteiger charge is 2.22. The van der Waals surface area contributed by atoms with Crippen LogP contribution < -0.4 is 5.73 Å². The fourth-order valence-electron chi connectivity index (χ4n) is 3.14. The molecule has 2 nitrogen and oxygen atoms in total. The Morgan fingerprint density at radius 3 is 2.79 bits per heavy atom. The second-order valence-corrected chi connectivity index (χ2v) is 5.96. The minimum absolute atomic E-state index is 0.169. The molecule has 0 bridgehead atoms. The Morgan fingerprint density at radius 2 is 2.11 bits per heavy atom. The molecule has 2 rings (SSSR count). The van der Waals surface area contributed by atoms with Crippen molar-refractivity contribution in [2.45, 2.75) is 51.7 Å². The van der Waals surface area contributed by atoms with E-state index in [0.29, 0.717) is 12.6 Å². The summed E-state index contributed by atoms with van der Waals surface area (Å²) < 4.78 is 13.4. The summed E-state index contributed by atoms with van der Waals surface area (Å²) in [6.45, 7) is 3.60. The molecule has 19 heavy (non-hydrogen) atoms. The van der Waals surface area contributed by atoms with Crippen molar-refractivity contribution in [3.63, 3.8) is 0 Å². The molecule has 106 valence electrons. The first-order valence-electron chi connectivity index (χ1n) is 7.27. The molecule has 2 atom stereocenters. The minimum atomic E-state index is -0.169. The van der Waals surface area contributed by atoms with Crippen molar-refractivity contribution in [3.05, 3.63) is 35.1 Å². The molecule has 2 N–H and O–H groups in total. The van der Waals surface area contributed by atoms with Gasteiger partial charge in [0.25, 0.3) is 0 Å². The van der Waals surface area contributed by atoms with Gasteiger partial charge in [-0.1, -0.05) is 25.8 Å². The first kappa shape index (κ1) is 14.5. The molecule has 0 spiro atoms. The Kier molecular flexibility index (Phi) is 4.94. The van der Waals surface area contributed by atoms with Gasteiger partial charge in [0.2, 0.25) is 0 Å². The third kappa shape index (κ3) is 3.77. The molecule has 1 aliphatic rings. The number of benzene rings is 1. The van der Waals surface area contributed by atoms with E-state index in [1.165, 1.54) is 31.7 Å². The molecule has 3 heteroatoms. The maximum absolute atomic E-state index is 13.4. The molecule has 0 radical (unpaired) electrons. The van der Waals surface area contributed by atoms with E-state index < -0.39 is 0 Å². The predicted octanol–water partition coefficient (Wildman–Crippen LogP) is 3.29. The average Bonchev–Trinajstić information content (AvgIpc) is 2.39. The van der Waals surface area contributed by atoms with Gasteiger partial charge >= 0.3 is 0 Å². The van der Waals surface area contributed by atoms with Crippen LogP contribution in [0, 0.1) is 11.7 Å². The topological polar surface area (TPSA) is 29.3 Å². The molecule has 0 aromatic heterocycles. The molecular weight excluding hydrogens is 239 g/mol. The lowest BCUT2D eigenvalue weighted by Gasteiger charge is -2.34. The Balaban J connectivity index is 2.05. The average molecular weight is 264 g/mol. The Bertz CT molecular complexity index is 419. The van der Waals surface area contributed by atoms with Gasteiger partial charge in [0.05, 0.1) is 0 Å². The van der Waals surface area contributed by atoms with Crippen molar-refractivity contribution in [1.29, 1.82) is 0 Å². The third-order valence-corrected chi connectivity index (χ3v) is 4.34. The van der Waals surface area contributed by atoms with Crippen molar-refractivity contribution in [3.8, 4) is 0 Å².